The summed E-state index contributed by atoms with van der Waals surface area (Å²) in [6, 6.07) is 10.9. The number of hydrogen-bond donors (Lipinski definition) is 1. The highest BCUT2D eigenvalue weighted by molar-refractivity contribution is 7.12. The van der Waals surface area contributed by atoms with Crippen LogP contribution < -0.4 is 4.74 Å². The summed E-state index contributed by atoms with van der Waals surface area (Å²) in [5.41, 5.74) is 1.96. The van der Waals surface area contributed by atoms with Crippen LogP contribution in [0, 0.1) is 0 Å². The van der Waals surface area contributed by atoms with E-state index in [1.807, 2.05) is 52.9 Å². The van der Waals surface area contributed by atoms with Gasteiger partial charge in [0.05, 0.1) is 35.9 Å². The number of aromatic nitrogens is 3. The van der Waals surface area contributed by atoms with Crippen LogP contribution in [0.1, 0.15) is 58.2 Å². The molecule has 30 heavy (non-hydrogen) atoms. The summed E-state index contributed by atoms with van der Waals surface area (Å²) in [5, 5.41) is 21.5. The Balaban J connectivity index is 1.46. The number of rotatable bonds is 5. The third-order valence-electron chi connectivity index (χ3n) is 6.03. The number of likely N-dealkylation sites (tertiary alicyclic amines) is 1. The van der Waals surface area contributed by atoms with Gasteiger partial charge >= 0.3 is 0 Å². The van der Waals surface area contributed by atoms with Crippen LogP contribution in [-0.2, 0) is 0 Å². The Hall–Kier alpha value is -2.71. The first-order valence-corrected chi connectivity index (χ1v) is 11.1. The molecule has 1 saturated carbocycles. The largest absolute Gasteiger partial charge is 0.497 e. The number of ether oxygens (including phenoxy) is 1. The van der Waals surface area contributed by atoms with E-state index in [0.29, 0.717) is 23.8 Å². The van der Waals surface area contributed by atoms with E-state index < -0.39 is 6.10 Å². The summed E-state index contributed by atoms with van der Waals surface area (Å²) in [7, 11) is 1.63. The number of piperidine rings is 1. The van der Waals surface area contributed by atoms with Gasteiger partial charge in [-0.15, -0.1) is 16.4 Å². The summed E-state index contributed by atoms with van der Waals surface area (Å²) in [5.74, 6) is 1.24. The molecule has 0 spiro atoms. The molecule has 1 N–H and O–H groups in total. The zero-order valence-electron chi connectivity index (χ0n) is 16.7. The summed E-state index contributed by atoms with van der Waals surface area (Å²) in [6.45, 7) is 0.377. The maximum atomic E-state index is 13.4. The van der Waals surface area contributed by atoms with Crippen molar-refractivity contribution in [2.24, 2.45) is 0 Å². The zero-order chi connectivity index (χ0) is 20.7. The second-order valence-electron chi connectivity index (χ2n) is 7.99. The minimum atomic E-state index is -0.627. The third-order valence-corrected chi connectivity index (χ3v) is 6.88. The number of carbonyl (C=O) groups is 1. The van der Waals surface area contributed by atoms with Gasteiger partial charge in [0, 0.05) is 25.1 Å². The van der Waals surface area contributed by atoms with Gasteiger partial charge in [0.15, 0.2) is 0 Å². The number of aliphatic hydroxyl groups is 1. The minimum Gasteiger partial charge on any atom is -0.497 e. The first-order valence-electron chi connectivity index (χ1n) is 10.2. The third kappa shape index (κ3) is 3.61. The van der Waals surface area contributed by atoms with E-state index in [4.69, 9.17) is 4.74 Å². The van der Waals surface area contributed by atoms with Crippen LogP contribution in [0.5, 0.6) is 5.75 Å². The molecule has 0 radical (unpaired) electrons. The first kappa shape index (κ1) is 19.3. The average molecular weight is 425 g/mol. The fourth-order valence-electron chi connectivity index (χ4n) is 4.15. The molecule has 7 nitrogen and oxygen atoms in total. The van der Waals surface area contributed by atoms with E-state index in [2.05, 4.69) is 10.3 Å². The molecule has 1 aliphatic heterocycles. The summed E-state index contributed by atoms with van der Waals surface area (Å²) in [4.78, 5) is 15.9. The summed E-state index contributed by atoms with van der Waals surface area (Å²) < 4.78 is 7.01. The van der Waals surface area contributed by atoms with Gasteiger partial charge in [0.1, 0.15) is 5.75 Å². The van der Waals surface area contributed by atoms with Crippen molar-refractivity contribution in [1.82, 2.24) is 19.9 Å². The molecule has 8 heteroatoms. The molecule has 0 unspecified atom stereocenters. The van der Waals surface area contributed by atoms with Crippen molar-refractivity contribution in [3.8, 4) is 5.75 Å². The van der Waals surface area contributed by atoms with E-state index >= 15 is 0 Å². The molecule has 1 aromatic carbocycles. The lowest BCUT2D eigenvalue weighted by Gasteiger charge is -2.42. The van der Waals surface area contributed by atoms with E-state index in [1.165, 1.54) is 11.3 Å². The highest BCUT2D eigenvalue weighted by atomic mass is 32.1. The number of amides is 1. The number of aliphatic hydroxyl groups excluding tert-OH is 1. The lowest BCUT2D eigenvalue weighted by Crippen LogP contribution is -2.48. The quantitative estimate of drug-likeness (QED) is 0.679. The smallest absolute Gasteiger partial charge is 0.264 e. The number of benzene rings is 1. The van der Waals surface area contributed by atoms with Gasteiger partial charge in [-0.05, 0) is 42.0 Å². The van der Waals surface area contributed by atoms with Crippen molar-refractivity contribution in [3.63, 3.8) is 0 Å². The van der Waals surface area contributed by atoms with E-state index in [-0.39, 0.29) is 18.0 Å². The average Bonchev–Trinajstić information content (AvgIpc) is 3.27. The Labute approximate surface area is 178 Å². The zero-order valence-corrected chi connectivity index (χ0v) is 17.5. The molecule has 2 aliphatic rings. The van der Waals surface area contributed by atoms with Crippen molar-refractivity contribution < 1.29 is 14.6 Å². The predicted octanol–water partition coefficient (Wildman–Crippen LogP) is 3.42. The number of thiophene rings is 1. The molecule has 5 rings (SSSR count). The molecular formula is C22H24N4O3S. The van der Waals surface area contributed by atoms with Crippen LogP contribution in [-0.4, -0.2) is 50.7 Å². The Morgan fingerprint density at radius 3 is 2.70 bits per heavy atom. The highest BCUT2D eigenvalue weighted by Crippen LogP contribution is 2.40. The van der Waals surface area contributed by atoms with Gasteiger partial charge in [-0.2, -0.15) is 0 Å². The van der Waals surface area contributed by atoms with Gasteiger partial charge in [-0.1, -0.05) is 23.4 Å². The van der Waals surface area contributed by atoms with Crippen LogP contribution in [0.4, 0.5) is 0 Å². The van der Waals surface area contributed by atoms with Crippen molar-refractivity contribution in [2.75, 3.05) is 13.7 Å². The molecular weight excluding hydrogens is 400 g/mol. The predicted molar refractivity (Wildman–Crippen MR) is 113 cm³/mol. The second kappa shape index (κ2) is 7.85. The van der Waals surface area contributed by atoms with E-state index in [9.17, 15) is 9.90 Å². The molecule has 156 valence electrons. The Morgan fingerprint density at radius 1 is 1.23 bits per heavy atom. The van der Waals surface area contributed by atoms with Crippen LogP contribution in [0.25, 0.3) is 0 Å². The normalized spacial score (nSPS) is 24.1. The number of methoxy groups -OCH3 is 1. The van der Waals surface area contributed by atoms with Crippen molar-refractivity contribution in [3.05, 3.63) is 64.1 Å². The maximum Gasteiger partial charge on any atom is 0.264 e. The fourth-order valence-corrected chi connectivity index (χ4v) is 4.83. The number of carbonyl (C=O) groups excluding carboxylic acids is 1. The van der Waals surface area contributed by atoms with Crippen LogP contribution in [0.15, 0.2) is 48.0 Å². The van der Waals surface area contributed by atoms with Gasteiger partial charge in [-0.25, -0.2) is 4.68 Å². The lowest BCUT2D eigenvalue weighted by atomic mass is 9.90. The Kier molecular flexibility index (Phi) is 5.04. The molecule has 0 bridgehead atoms. The van der Waals surface area contributed by atoms with E-state index in [0.717, 1.165) is 29.8 Å². The molecule has 2 fully saturated rings. The first-order chi connectivity index (χ1) is 14.6. The molecule has 1 aliphatic carbocycles. The molecule has 1 amide bonds. The lowest BCUT2D eigenvalue weighted by molar-refractivity contribution is -0.00166. The SMILES string of the molecule is COc1ccc([C@H]2C[C@@H](O)[C@H](n3cc(C4CC4)nn3)CN2C(=O)c2cccs2)cc1. The molecule has 3 aromatic rings. The van der Waals surface area contributed by atoms with Crippen LogP contribution >= 0.6 is 11.3 Å². The van der Waals surface area contributed by atoms with Gasteiger partial charge in [-0.3, -0.25) is 4.79 Å². The fraction of sp³-hybridized carbons (Fsp3) is 0.409. The summed E-state index contributed by atoms with van der Waals surface area (Å²) >= 11 is 1.43. The van der Waals surface area contributed by atoms with Crippen LogP contribution in [0.2, 0.25) is 0 Å². The molecule has 3 heterocycles. The minimum absolute atomic E-state index is 0.0229. The molecule has 2 aromatic heterocycles. The van der Waals surface area contributed by atoms with Crippen LogP contribution in [0.3, 0.4) is 0 Å². The molecule has 1 saturated heterocycles. The van der Waals surface area contributed by atoms with Gasteiger partial charge < -0.3 is 14.7 Å². The van der Waals surface area contributed by atoms with Gasteiger partial charge in [0.2, 0.25) is 0 Å². The highest BCUT2D eigenvalue weighted by Gasteiger charge is 2.40. The number of hydrogen-bond acceptors (Lipinski definition) is 6. The van der Waals surface area contributed by atoms with Gasteiger partial charge in [0.25, 0.3) is 5.91 Å². The monoisotopic (exact) mass is 424 g/mol. The maximum absolute atomic E-state index is 13.4. The summed E-state index contributed by atoms with van der Waals surface area (Å²) in [6.07, 6.45) is 4.04. The Bertz CT molecular complexity index is 1010. The standard InChI is InChI=1S/C22H24N4O3S/c1-29-16-8-6-15(7-9-16)18-11-20(27)19(26-12-17(23-24-26)14-4-5-14)13-25(18)22(28)21-3-2-10-30-21/h2-3,6-10,12,14,18-20,27H,4-5,11,13H2,1H3/t18-,19-,20-/m1/s1. The van der Waals surface area contributed by atoms with Crippen molar-refractivity contribution in [2.45, 2.75) is 43.4 Å². The van der Waals surface area contributed by atoms with Crippen molar-refractivity contribution in [1.29, 1.82) is 0 Å². The van der Waals surface area contributed by atoms with E-state index in [1.54, 1.807) is 11.8 Å². The number of nitrogens with zero attached hydrogens (tertiary/aromatic N) is 4. The van der Waals surface area contributed by atoms with Crippen molar-refractivity contribution >= 4 is 17.2 Å². The topological polar surface area (TPSA) is 80.5 Å². The second-order valence-corrected chi connectivity index (χ2v) is 8.94. The Morgan fingerprint density at radius 2 is 2.03 bits per heavy atom. The molecule has 3 atom stereocenters.